The number of rotatable bonds is 9. The molecule has 5 nitrogen and oxygen atoms in total. The zero-order chi connectivity index (χ0) is 21.3. The van der Waals surface area contributed by atoms with E-state index >= 15 is 0 Å². The van der Waals surface area contributed by atoms with Crippen molar-refractivity contribution in [1.29, 1.82) is 5.26 Å². The molecule has 2 aromatic rings. The summed E-state index contributed by atoms with van der Waals surface area (Å²) in [5, 5.41) is 11.3. The van der Waals surface area contributed by atoms with E-state index in [4.69, 9.17) is 14.7 Å². The van der Waals surface area contributed by atoms with Crippen LogP contribution in [0.5, 0.6) is 11.5 Å². The van der Waals surface area contributed by atoms with Crippen LogP contribution in [0.2, 0.25) is 0 Å². The first-order valence-corrected chi connectivity index (χ1v) is 9.90. The van der Waals surface area contributed by atoms with Crippen LogP contribution in [0, 0.1) is 18.3 Å². The number of ether oxygens (including phenoxy) is 2. The summed E-state index contributed by atoms with van der Waals surface area (Å²) in [6.45, 7) is 9.93. The minimum Gasteiger partial charge on any atom is -0.490 e. The smallest absolute Gasteiger partial charge is 0.234 e. The van der Waals surface area contributed by atoms with Gasteiger partial charge in [-0.15, -0.1) is 0 Å². The molecule has 1 amide bonds. The van der Waals surface area contributed by atoms with Crippen LogP contribution in [0.3, 0.4) is 0 Å². The largest absolute Gasteiger partial charge is 0.490 e. The van der Waals surface area contributed by atoms with Crippen molar-refractivity contribution in [2.75, 3.05) is 19.8 Å². The predicted molar refractivity (Wildman–Crippen MR) is 114 cm³/mol. The van der Waals surface area contributed by atoms with Gasteiger partial charge >= 0.3 is 0 Å². The molecular weight excluding hydrogens is 364 g/mol. The summed E-state index contributed by atoms with van der Waals surface area (Å²) in [6, 6.07) is 15.8. The van der Waals surface area contributed by atoms with Crippen molar-refractivity contribution < 1.29 is 14.3 Å². The topological polar surface area (TPSA) is 71.3 Å². The molecule has 0 bridgehead atoms. The van der Waals surface area contributed by atoms with E-state index in [1.165, 1.54) is 5.56 Å². The Morgan fingerprint density at radius 3 is 2.52 bits per heavy atom. The van der Waals surface area contributed by atoms with E-state index in [2.05, 4.69) is 51.2 Å². The summed E-state index contributed by atoms with van der Waals surface area (Å²) in [6.07, 6.45) is 0.519. The molecular formula is C24H30N2O3. The van der Waals surface area contributed by atoms with Crippen molar-refractivity contribution in [3.63, 3.8) is 0 Å². The Balaban J connectivity index is 1.91. The molecule has 2 aromatic carbocycles. The fourth-order valence-corrected chi connectivity index (χ4v) is 3.05. The fourth-order valence-electron chi connectivity index (χ4n) is 3.05. The quantitative estimate of drug-likeness (QED) is 0.643. The van der Waals surface area contributed by atoms with Crippen molar-refractivity contribution in [2.24, 2.45) is 0 Å². The SMILES string of the molecule is Cc1cccc(C(C)(C)C)c1OCCOc1ccccc1CCNC(=O)CC#N. The third-order valence-electron chi connectivity index (χ3n) is 4.54. The van der Waals surface area contributed by atoms with Gasteiger partial charge in [-0.2, -0.15) is 5.26 Å². The Morgan fingerprint density at radius 2 is 1.79 bits per heavy atom. The van der Waals surface area contributed by atoms with E-state index in [0.717, 1.165) is 22.6 Å². The zero-order valence-electron chi connectivity index (χ0n) is 17.7. The molecule has 0 spiro atoms. The lowest BCUT2D eigenvalue weighted by Gasteiger charge is -2.24. The second-order valence-corrected chi connectivity index (χ2v) is 7.94. The van der Waals surface area contributed by atoms with Gasteiger partial charge in [-0.25, -0.2) is 0 Å². The minimum absolute atomic E-state index is 0.00475. The van der Waals surface area contributed by atoms with Crippen molar-refractivity contribution in [2.45, 2.75) is 46.0 Å². The van der Waals surface area contributed by atoms with Gasteiger partial charge in [0, 0.05) is 6.54 Å². The Bertz CT molecular complexity index is 863. The van der Waals surface area contributed by atoms with Crippen LogP contribution in [0.1, 0.15) is 43.9 Å². The van der Waals surface area contributed by atoms with Crippen LogP contribution in [0.25, 0.3) is 0 Å². The number of carbonyl (C=O) groups excluding carboxylic acids is 1. The lowest BCUT2D eigenvalue weighted by atomic mass is 9.85. The minimum atomic E-state index is -0.257. The number of benzene rings is 2. The molecule has 154 valence electrons. The van der Waals surface area contributed by atoms with Crippen molar-refractivity contribution in [3.05, 3.63) is 59.2 Å². The van der Waals surface area contributed by atoms with Crippen LogP contribution in [0.15, 0.2) is 42.5 Å². The highest BCUT2D eigenvalue weighted by molar-refractivity contribution is 5.77. The second-order valence-electron chi connectivity index (χ2n) is 7.94. The first kappa shape index (κ1) is 22.3. The van der Waals surface area contributed by atoms with E-state index in [9.17, 15) is 4.79 Å². The number of hydrogen-bond donors (Lipinski definition) is 1. The standard InChI is InChI=1S/C24H30N2O3/c1-18-8-7-10-20(24(2,3)4)23(18)29-17-16-28-21-11-6-5-9-19(21)13-15-26-22(27)12-14-25/h5-11H,12-13,15-17H2,1-4H3,(H,26,27). The van der Waals surface area contributed by atoms with Crippen molar-refractivity contribution >= 4 is 5.91 Å². The Labute approximate surface area is 173 Å². The molecule has 0 aliphatic rings. The Kier molecular flexibility index (Phi) is 8.09. The number of carbonyl (C=O) groups is 1. The summed E-state index contributed by atoms with van der Waals surface area (Å²) in [4.78, 5) is 11.4. The third-order valence-corrected chi connectivity index (χ3v) is 4.54. The van der Waals surface area contributed by atoms with Gasteiger partial charge in [0.2, 0.25) is 5.91 Å². The molecule has 0 aliphatic carbocycles. The lowest BCUT2D eigenvalue weighted by molar-refractivity contribution is -0.120. The van der Waals surface area contributed by atoms with Gasteiger partial charge in [-0.1, -0.05) is 57.2 Å². The van der Waals surface area contributed by atoms with Crippen LogP contribution in [0.4, 0.5) is 0 Å². The van der Waals surface area contributed by atoms with E-state index in [1.54, 1.807) is 0 Å². The molecule has 0 fully saturated rings. The lowest BCUT2D eigenvalue weighted by Crippen LogP contribution is -2.25. The summed E-state index contributed by atoms with van der Waals surface area (Å²) < 4.78 is 12.0. The summed E-state index contributed by atoms with van der Waals surface area (Å²) in [7, 11) is 0. The maximum atomic E-state index is 11.4. The van der Waals surface area contributed by atoms with E-state index < -0.39 is 0 Å². The molecule has 1 N–H and O–H groups in total. The number of hydrogen-bond acceptors (Lipinski definition) is 4. The van der Waals surface area contributed by atoms with E-state index in [-0.39, 0.29) is 17.7 Å². The highest BCUT2D eigenvalue weighted by Gasteiger charge is 2.20. The number of nitriles is 1. The molecule has 0 saturated heterocycles. The molecule has 0 aliphatic heterocycles. The van der Waals surface area contributed by atoms with Crippen LogP contribution in [-0.4, -0.2) is 25.7 Å². The normalized spacial score (nSPS) is 10.9. The molecule has 0 saturated carbocycles. The van der Waals surface area contributed by atoms with Crippen LogP contribution >= 0.6 is 0 Å². The maximum absolute atomic E-state index is 11.4. The highest BCUT2D eigenvalue weighted by atomic mass is 16.5. The molecule has 5 heteroatoms. The molecule has 29 heavy (non-hydrogen) atoms. The van der Waals surface area contributed by atoms with Crippen molar-refractivity contribution in [1.82, 2.24) is 5.32 Å². The van der Waals surface area contributed by atoms with Crippen LogP contribution < -0.4 is 14.8 Å². The summed E-state index contributed by atoms with van der Waals surface area (Å²) in [5.41, 5.74) is 3.32. The van der Waals surface area contributed by atoms with Gasteiger partial charge in [0.05, 0.1) is 6.07 Å². The average Bonchev–Trinajstić information content (AvgIpc) is 2.66. The fraction of sp³-hybridized carbons (Fsp3) is 0.417. The van der Waals surface area contributed by atoms with Gasteiger partial charge in [0.1, 0.15) is 31.1 Å². The Hall–Kier alpha value is -3.00. The van der Waals surface area contributed by atoms with Gasteiger partial charge in [0.25, 0.3) is 0 Å². The van der Waals surface area contributed by atoms with Gasteiger partial charge in [-0.3, -0.25) is 4.79 Å². The van der Waals surface area contributed by atoms with Gasteiger partial charge < -0.3 is 14.8 Å². The molecule has 2 rings (SSSR count). The number of para-hydroxylation sites is 2. The van der Waals surface area contributed by atoms with E-state index in [0.29, 0.717) is 26.2 Å². The maximum Gasteiger partial charge on any atom is 0.234 e. The molecule has 0 atom stereocenters. The summed E-state index contributed by atoms with van der Waals surface area (Å²) in [5.74, 6) is 1.45. The number of nitrogens with zero attached hydrogens (tertiary/aromatic N) is 1. The van der Waals surface area contributed by atoms with Crippen LogP contribution in [-0.2, 0) is 16.6 Å². The summed E-state index contributed by atoms with van der Waals surface area (Å²) >= 11 is 0. The first-order chi connectivity index (χ1) is 13.8. The first-order valence-electron chi connectivity index (χ1n) is 9.90. The second kappa shape index (κ2) is 10.5. The number of aryl methyl sites for hydroxylation is 1. The van der Waals surface area contributed by atoms with E-state index in [1.807, 2.05) is 30.3 Å². The van der Waals surface area contributed by atoms with Crippen molar-refractivity contribution in [3.8, 4) is 17.6 Å². The molecule has 0 unspecified atom stereocenters. The highest BCUT2D eigenvalue weighted by Crippen LogP contribution is 2.33. The monoisotopic (exact) mass is 394 g/mol. The van der Waals surface area contributed by atoms with Gasteiger partial charge in [0.15, 0.2) is 0 Å². The molecule has 0 heterocycles. The average molecular weight is 395 g/mol. The predicted octanol–water partition coefficient (Wildman–Crippen LogP) is 4.32. The van der Waals surface area contributed by atoms with Gasteiger partial charge in [-0.05, 0) is 41.5 Å². The number of amides is 1. The molecule has 0 aromatic heterocycles. The Morgan fingerprint density at radius 1 is 1.07 bits per heavy atom. The number of nitrogens with one attached hydrogen (secondary N) is 1. The third kappa shape index (κ3) is 6.83. The molecule has 0 radical (unpaired) electrons. The zero-order valence-corrected chi connectivity index (χ0v) is 17.7.